The maximum Gasteiger partial charge on any atom is 0.213 e. The van der Waals surface area contributed by atoms with Crippen molar-refractivity contribution in [2.75, 3.05) is 7.05 Å². The molecule has 0 saturated heterocycles. The average molecular weight is 369 g/mol. The molecule has 5 heteroatoms. The molecule has 0 aliphatic heterocycles. The molecular formula is C22H32N4O. The van der Waals surface area contributed by atoms with Crippen LogP contribution in [0.3, 0.4) is 0 Å². The molecule has 146 valence electrons. The Morgan fingerprint density at radius 3 is 2.44 bits per heavy atom. The highest BCUT2D eigenvalue weighted by Crippen LogP contribution is 2.32. The lowest BCUT2D eigenvalue weighted by Gasteiger charge is -2.30. The number of nitrogens with one attached hydrogen (secondary N) is 2. The average Bonchev–Trinajstić information content (AvgIpc) is 3.16. The van der Waals surface area contributed by atoms with Gasteiger partial charge in [0.2, 0.25) is 5.89 Å². The van der Waals surface area contributed by atoms with E-state index in [2.05, 4.69) is 71.7 Å². The molecule has 1 aromatic heterocycles. The third-order valence-corrected chi connectivity index (χ3v) is 5.26. The minimum absolute atomic E-state index is 0.0252. The lowest BCUT2D eigenvalue weighted by atomic mass is 9.82. The molecular weight excluding hydrogens is 336 g/mol. The zero-order valence-corrected chi connectivity index (χ0v) is 17.0. The molecule has 2 aromatic rings. The highest BCUT2D eigenvalue weighted by Gasteiger charge is 2.23. The number of benzene rings is 1. The van der Waals surface area contributed by atoms with Crippen LogP contribution in [0.1, 0.15) is 69.6 Å². The van der Waals surface area contributed by atoms with Crippen LogP contribution in [-0.2, 0) is 12.0 Å². The Morgan fingerprint density at radius 1 is 1.15 bits per heavy atom. The Hall–Kier alpha value is -2.30. The van der Waals surface area contributed by atoms with E-state index in [1.807, 2.05) is 6.20 Å². The summed E-state index contributed by atoms with van der Waals surface area (Å²) in [5, 5.41) is 6.88. The molecule has 1 aromatic carbocycles. The highest BCUT2D eigenvalue weighted by atomic mass is 16.4. The predicted molar refractivity (Wildman–Crippen MR) is 110 cm³/mol. The fraction of sp³-hybridized carbons (Fsp3) is 0.545. The van der Waals surface area contributed by atoms with E-state index in [1.165, 1.54) is 18.4 Å². The first kappa shape index (κ1) is 19.5. The van der Waals surface area contributed by atoms with Crippen LogP contribution in [-0.4, -0.2) is 24.0 Å². The molecule has 27 heavy (non-hydrogen) atoms. The van der Waals surface area contributed by atoms with Crippen LogP contribution in [0.4, 0.5) is 0 Å². The van der Waals surface area contributed by atoms with Crippen LogP contribution in [0.5, 0.6) is 0 Å². The van der Waals surface area contributed by atoms with Crippen LogP contribution in [0.15, 0.2) is 45.9 Å². The molecule has 0 amide bonds. The fourth-order valence-electron chi connectivity index (χ4n) is 3.58. The second-order valence-corrected chi connectivity index (χ2v) is 8.40. The summed E-state index contributed by atoms with van der Waals surface area (Å²) in [5.74, 6) is 3.09. The molecule has 1 aliphatic rings. The first-order chi connectivity index (χ1) is 13.0. The number of hydrogen-bond donors (Lipinski definition) is 2. The summed E-state index contributed by atoms with van der Waals surface area (Å²) in [6, 6.07) is 11.3. The van der Waals surface area contributed by atoms with E-state index in [1.54, 1.807) is 7.05 Å². The molecule has 1 aliphatic carbocycles. The Kier molecular flexibility index (Phi) is 6.19. The van der Waals surface area contributed by atoms with Gasteiger partial charge in [0.05, 0.1) is 12.7 Å². The van der Waals surface area contributed by atoms with Crippen molar-refractivity contribution in [2.45, 2.75) is 70.4 Å². The second-order valence-electron chi connectivity index (χ2n) is 8.40. The lowest BCUT2D eigenvalue weighted by Crippen LogP contribution is -2.44. The zero-order valence-electron chi connectivity index (χ0n) is 17.0. The van der Waals surface area contributed by atoms with Gasteiger partial charge in [-0.25, -0.2) is 4.98 Å². The van der Waals surface area contributed by atoms with E-state index in [0.717, 1.165) is 24.6 Å². The van der Waals surface area contributed by atoms with E-state index in [0.29, 0.717) is 24.4 Å². The maximum atomic E-state index is 5.84. The molecule has 0 bridgehead atoms. The summed E-state index contributed by atoms with van der Waals surface area (Å²) in [5.41, 5.74) is 1.44. The summed E-state index contributed by atoms with van der Waals surface area (Å²) >= 11 is 0. The molecule has 3 rings (SSSR count). The topological polar surface area (TPSA) is 62.5 Å². The van der Waals surface area contributed by atoms with Crippen molar-refractivity contribution in [2.24, 2.45) is 4.99 Å². The molecule has 2 N–H and O–H groups in total. The maximum absolute atomic E-state index is 5.84. The van der Waals surface area contributed by atoms with Crippen molar-refractivity contribution in [3.05, 3.63) is 53.7 Å². The van der Waals surface area contributed by atoms with Gasteiger partial charge in [0, 0.05) is 18.5 Å². The molecule has 0 unspecified atom stereocenters. The van der Waals surface area contributed by atoms with E-state index in [-0.39, 0.29) is 5.41 Å². The quantitative estimate of drug-likeness (QED) is 0.622. The van der Waals surface area contributed by atoms with Crippen molar-refractivity contribution in [3.8, 4) is 0 Å². The number of guanidine groups is 1. The Labute approximate surface area is 162 Å². The van der Waals surface area contributed by atoms with E-state index >= 15 is 0 Å². The fourth-order valence-corrected chi connectivity index (χ4v) is 3.58. The number of hydrogen-bond acceptors (Lipinski definition) is 3. The summed E-state index contributed by atoms with van der Waals surface area (Å²) in [6.07, 6.45) is 6.57. The summed E-state index contributed by atoms with van der Waals surface area (Å²) < 4.78 is 5.84. The van der Waals surface area contributed by atoms with Crippen molar-refractivity contribution in [1.82, 2.24) is 15.6 Å². The highest BCUT2D eigenvalue weighted by molar-refractivity contribution is 5.79. The van der Waals surface area contributed by atoms with Gasteiger partial charge in [0.25, 0.3) is 0 Å². The number of aliphatic imine (C=N–C) groups is 1. The van der Waals surface area contributed by atoms with Gasteiger partial charge in [-0.3, -0.25) is 4.99 Å². The number of nitrogens with zero attached hydrogens (tertiary/aromatic N) is 2. The lowest BCUT2D eigenvalue weighted by molar-refractivity contribution is 0.367. The third kappa shape index (κ3) is 5.34. The molecule has 1 saturated carbocycles. The van der Waals surface area contributed by atoms with Crippen molar-refractivity contribution in [1.29, 1.82) is 0 Å². The Bertz CT molecular complexity index is 737. The standard InChI is InChI=1S/C22H32N4O/c1-22(2,3)19-14-24-20(27-19)15-25-21(23-4)26-18-12-10-17(11-13-18)16-8-6-5-7-9-16/h5-9,14,17-18H,10-13,15H2,1-4H3,(H2,23,25,26). The summed E-state index contributed by atoms with van der Waals surface area (Å²) in [4.78, 5) is 8.72. The zero-order chi connectivity index (χ0) is 19.3. The van der Waals surface area contributed by atoms with E-state index in [9.17, 15) is 0 Å². The van der Waals surface area contributed by atoms with Gasteiger partial charge >= 0.3 is 0 Å². The monoisotopic (exact) mass is 368 g/mol. The van der Waals surface area contributed by atoms with Gasteiger partial charge < -0.3 is 15.1 Å². The van der Waals surface area contributed by atoms with Crippen molar-refractivity contribution < 1.29 is 4.42 Å². The minimum Gasteiger partial charge on any atom is -0.443 e. The van der Waals surface area contributed by atoms with Crippen LogP contribution in [0, 0.1) is 0 Å². The van der Waals surface area contributed by atoms with E-state index in [4.69, 9.17) is 4.42 Å². The predicted octanol–water partition coefficient (Wildman–Crippen LogP) is 4.36. The van der Waals surface area contributed by atoms with Gasteiger partial charge in [-0.15, -0.1) is 0 Å². The molecule has 0 radical (unpaired) electrons. The second kappa shape index (κ2) is 8.59. The molecule has 0 spiro atoms. The molecule has 0 atom stereocenters. The number of oxazole rings is 1. The smallest absolute Gasteiger partial charge is 0.213 e. The summed E-state index contributed by atoms with van der Waals surface area (Å²) in [7, 11) is 1.81. The molecule has 1 heterocycles. The van der Waals surface area contributed by atoms with Gasteiger partial charge in [0.1, 0.15) is 5.76 Å². The third-order valence-electron chi connectivity index (χ3n) is 5.26. The van der Waals surface area contributed by atoms with Crippen molar-refractivity contribution in [3.63, 3.8) is 0 Å². The molecule has 1 fully saturated rings. The number of aromatic nitrogens is 1. The van der Waals surface area contributed by atoms with Crippen molar-refractivity contribution >= 4 is 5.96 Å². The number of rotatable bonds is 4. The van der Waals surface area contributed by atoms with Gasteiger partial charge in [-0.05, 0) is 37.2 Å². The van der Waals surface area contributed by atoms with Crippen LogP contribution < -0.4 is 10.6 Å². The van der Waals surface area contributed by atoms with Gasteiger partial charge in [0.15, 0.2) is 5.96 Å². The Morgan fingerprint density at radius 2 is 1.85 bits per heavy atom. The molecule has 5 nitrogen and oxygen atoms in total. The van der Waals surface area contributed by atoms with Crippen LogP contribution >= 0.6 is 0 Å². The first-order valence-corrected chi connectivity index (χ1v) is 9.93. The van der Waals surface area contributed by atoms with Crippen LogP contribution in [0.2, 0.25) is 0 Å². The SMILES string of the molecule is CN=C(NCc1ncc(C(C)(C)C)o1)NC1CCC(c2ccccc2)CC1. The van der Waals surface area contributed by atoms with Crippen LogP contribution in [0.25, 0.3) is 0 Å². The minimum atomic E-state index is -0.0252. The first-order valence-electron chi connectivity index (χ1n) is 9.93. The largest absolute Gasteiger partial charge is 0.443 e. The normalized spacial score (nSPS) is 21.1. The summed E-state index contributed by atoms with van der Waals surface area (Å²) in [6.45, 7) is 6.90. The van der Waals surface area contributed by atoms with Gasteiger partial charge in [-0.1, -0.05) is 51.1 Å². The Balaban J connectivity index is 1.46. The van der Waals surface area contributed by atoms with E-state index < -0.39 is 0 Å². The van der Waals surface area contributed by atoms with Gasteiger partial charge in [-0.2, -0.15) is 0 Å².